The van der Waals surface area contributed by atoms with Gasteiger partial charge in [-0.05, 0) is 22.8 Å². The van der Waals surface area contributed by atoms with Gasteiger partial charge in [-0.1, -0.05) is 61.3 Å². The molecule has 4 N–H and O–H groups in total. The van der Waals surface area contributed by atoms with Crippen LogP contribution in [0.15, 0.2) is 83.3 Å². The number of benzene rings is 2. The summed E-state index contributed by atoms with van der Waals surface area (Å²) in [5.41, 5.74) is 8.66. The molecule has 0 aliphatic carbocycles. The zero-order valence-corrected chi connectivity index (χ0v) is 18.3. The quantitative estimate of drug-likeness (QED) is 0.241. The van der Waals surface area contributed by atoms with E-state index >= 15 is 0 Å². The van der Waals surface area contributed by atoms with Crippen LogP contribution in [0.2, 0.25) is 0 Å². The topological polar surface area (TPSA) is 129 Å². The molecule has 3 aromatic rings. The van der Waals surface area contributed by atoms with Crippen molar-refractivity contribution in [3.63, 3.8) is 0 Å². The number of hydrogen-bond donors (Lipinski definition) is 4. The van der Waals surface area contributed by atoms with Gasteiger partial charge in [0.1, 0.15) is 12.4 Å². The number of carbonyl (C=O) groups excluding carboxylic acids is 1. The SMILES string of the molecule is CN=CC(C(=N)C(=O)C(N=C(N)NS)c1cccc(-c2cncnc2)c1)c1ccccc1. The molecule has 32 heavy (non-hydrogen) atoms. The Morgan fingerprint density at radius 1 is 1.09 bits per heavy atom. The maximum Gasteiger partial charge on any atom is 0.206 e. The van der Waals surface area contributed by atoms with E-state index in [1.54, 1.807) is 31.7 Å². The molecule has 0 aliphatic rings. The Labute approximate surface area is 191 Å². The molecule has 1 aromatic heterocycles. The molecule has 2 atom stereocenters. The zero-order chi connectivity index (χ0) is 22.9. The van der Waals surface area contributed by atoms with Crippen molar-refractivity contribution in [2.45, 2.75) is 12.0 Å². The number of aliphatic imine (C=N–C) groups is 2. The zero-order valence-electron chi connectivity index (χ0n) is 17.4. The highest BCUT2D eigenvalue weighted by atomic mass is 32.1. The van der Waals surface area contributed by atoms with E-state index in [0.717, 1.165) is 16.7 Å². The van der Waals surface area contributed by atoms with E-state index in [-0.39, 0.29) is 11.7 Å². The van der Waals surface area contributed by atoms with Crippen molar-refractivity contribution in [3.05, 3.63) is 84.4 Å². The fourth-order valence-electron chi connectivity index (χ4n) is 3.23. The minimum atomic E-state index is -1.04. The van der Waals surface area contributed by atoms with Gasteiger partial charge in [0.2, 0.25) is 5.78 Å². The van der Waals surface area contributed by atoms with Gasteiger partial charge in [-0.15, -0.1) is 0 Å². The molecule has 0 saturated carbocycles. The first-order valence-corrected chi connectivity index (χ1v) is 10.2. The third kappa shape index (κ3) is 5.44. The Morgan fingerprint density at radius 2 is 1.78 bits per heavy atom. The van der Waals surface area contributed by atoms with E-state index in [0.29, 0.717) is 5.56 Å². The molecule has 0 amide bonds. The van der Waals surface area contributed by atoms with Crippen LogP contribution in [0.25, 0.3) is 11.1 Å². The molecule has 8 nitrogen and oxygen atoms in total. The van der Waals surface area contributed by atoms with Gasteiger partial charge in [0.05, 0.1) is 11.6 Å². The second-order valence-corrected chi connectivity index (χ2v) is 7.08. The molecule has 2 unspecified atom stereocenters. The third-order valence-electron chi connectivity index (χ3n) is 4.76. The van der Waals surface area contributed by atoms with Gasteiger partial charge in [0.25, 0.3) is 0 Å². The second-order valence-electron chi connectivity index (χ2n) is 6.85. The Kier molecular flexibility index (Phi) is 7.82. The molecule has 0 spiro atoms. The Morgan fingerprint density at radius 3 is 2.44 bits per heavy atom. The minimum absolute atomic E-state index is 0.0339. The van der Waals surface area contributed by atoms with E-state index in [9.17, 15) is 4.79 Å². The van der Waals surface area contributed by atoms with Crippen molar-refractivity contribution in [3.8, 4) is 11.1 Å². The predicted molar refractivity (Wildman–Crippen MR) is 130 cm³/mol. The molecular weight excluding hydrogens is 422 g/mol. The molecule has 9 heteroatoms. The fraction of sp³-hybridized carbons (Fsp3) is 0.130. The monoisotopic (exact) mass is 445 g/mol. The Bertz CT molecular complexity index is 1130. The Balaban J connectivity index is 2.02. The van der Waals surface area contributed by atoms with Crippen molar-refractivity contribution in [2.24, 2.45) is 15.7 Å². The molecule has 0 aliphatic heterocycles. The van der Waals surface area contributed by atoms with Crippen LogP contribution >= 0.6 is 12.8 Å². The molecule has 1 heterocycles. The number of nitrogens with zero attached hydrogens (tertiary/aromatic N) is 4. The maximum absolute atomic E-state index is 13.5. The average molecular weight is 446 g/mol. The summed E-state index contributed by atoms with van der Waals surface area (Å²) in [5, 5.41) is 8.68. The molecule has 2 aromatic carbocycles. The molecule has 0 bridgehead atoms. The van der Waals surface area contributed by atoms with Crippen LogP contribution in [0, 0.1) is 5.41 Å². The van der Waals surface area contributed by atoms with Gasteiger partial charge in [0, 0.05) is 31.2 Å². The first kappa shape index (κ1) is 22.8. The summed E-state index contributed by atoms with van der Waals surface area (Å²) < 4.78 is 2.44. The van der Waals surface area contributed by atoms with Crippen molar-refractivity contribution in [2.75, 3.05) is 7.05 Å². The predicted octanol–water partition coefficient (Wildman–Crippen LogP) is 3.01. The molecule has 162 valence electrons. The van der Waals surface area contributed by atoms with Crippen LogP contribution in [-0.4, -0.2) is 40.7 Å². The van der Waals surface area contributed by atoms with E-state index < -0.39 is 17.7 Å². The second kappa shape index (κ2) is 11.0. The lowest BCUT2D eigenvalue weighted by molar-refractivity contribution is -0.114. The van der Waals surface area contributed by atoms with E-state index in [1.165, 1.54) is 6.33 Å². The van der Waals surface area contributed by atoms with Crippen LogP contribution in [-0.2, 0) is 4.79 Å². The highest BCUT2D eigenvalue weighted by Crippen LogP contribution is 2.27. The number of guanidine groups is 1. The number of nitrogens with two attached hydrogens (primary N) is 1. The number of nitrogens with one attached hydrogen (secondary N) is 2. The summed E-state index contributed by atoms with van der Waals surface area (Å²) in [6.45, 7) is 0. The molecule has 3 rings (SSSR count). The van der Waals surface area contributed by atoms with E-state index in [4.69, 9.17) is 11.1 Å². The van der Waals surface area contributed by atoms with Crippen molar-refractivity contribution >= 4 is 36.5 Å². The first-order valence-electron chi connectivity index (χ1n) is 9.73. The number of Topliss-reactive ketones (excluding diaryl/α,β-unsaturated/α-hetero) is 1. The van der Waals surface area contributed by atoms with E-state index in [2.05, 4.69) is 37.5 Å². The van der Waals surface area contributed by atoms with Gasteiger partial charge in [0.15, 0.2) is 5.96 Å². The number of aromatic nitrogens is 2. The average Bonchev–Trinajstić information content (AvgIpc) is 2.86. The normalized spacial score (nSPS) is 13.5. The van der Waals surface area contributed by atoms with Crippen LogP contribution in [0.1, 0.15) is 23.1 Å². The standard InChI is InChI=1S/C23H23N7OS/c1-26-13-19(15-6-3-2-4-7-15)20(24)22(31)21(29-23(25)30-32)17-9-5-8-16(10-17)18-11-27-14-28-12-18/h2-14,19,21,24,32H,1H3,(H3,25,29,30). The van der Waals surface area contributed by atoms with Crippen LogP contribution in [0.5, 0.6) is 0 Å². The van der Waals surface area contributed by atoms with Crippen molar-refractivity contribution in [1.29, 1.82) is 5.41 Å². The maximum atomic E-state index is 13.5. The largest absolute Gasteiger partial charge is 0.369 e. The number of thiol groups is 1. The number of carbonyl (C=O) groups is 1. The smallest absolute Gasteiger partial charge is 0.206 e. The summed E-state index contributed by atoms with van der Waals surface area (Å²) in [4.78, 5) is 30.0. The van der Waals surface area contributed by atoms with Crippen molar-refractivity contribution < 1.29 is 4.79 Å². The lowest BCUT2D eigenvalue weighted by atomic mass is 9.88. The highest BCUT2D eigenvalue weighted by Gasteiger charge is 2.29. The summed E-state index contributed by atoms with van der Waals surface area (Å²) in [6.07, 6.45) is 6.39. The lowest BCUT2D eigenvalue weighted by Gasteiger charge is -2.19. The van der Waals surface area contributed by atoms with Crippen LogP contribution < -0.4 is 10.5 Å². The summed E-state index contributed by atoms with van der Waals surface area (Å²) in [7, 11) is 1.61. The molecule has 0 fully saturated rings. The third-order valence-corrected chi connectivity index (χ3v) is 4.99. The summed E-state index contributed by atoms with van der Waals surface area (Å²) >= 11 is 3.92. The fourth-order valence-corrected chi connectivity index (χ4v) is 3.28. The Hall–Kier alpha value is -3.85. The minimum Gasteiger partial charge on any atom is -0.369 e. The van der Waals surface area contributed by atoms with Gasteiger partial charge >= 0.3 is 0 Å². The van der Waals surface area contributed by atoms with E-state index in [1.807, 2.05) is 48.5 Å². The van der Waals surface area contributed by atoms with Crippen molar-refractivity contribution in [1.82, 2.24) is 14.7 Å². The van der Waals surface area contributed by atoms with Gasteiger partial charge < -0.3 is 15.9 Å². The molecule has 0 radical (unpaired) electrons. The lowest BCUT2D eigenvalue weighted by Crippen LogP contribution is -2.31. The highest BCUT2D eigenvalue weighted by molar-refractivity contribution is 7.78. The number of hydrogen-bond acceptors (Lipinski definition) is 7. The summed E-state index contributed by atoms with van der Waals surface area (Å²) in [5.74, 6) is -1.14. The summed E-state index contributed by atoms with van der Waals surface area (Å²) in [6, 6.07) is 15.5. The number of ketones is 1. The van der Waals surface area contributed by atoms with Gasteiger partial charge in [-0.2, -0.15) is 0 Å². The first-order chi connectivity index (χ1) is 15.5. The molecule has 0 saturated heterocycles. The van der Waals surface area contributed by atoms with Gasteiger partial charge in [-0.3, -0.25) is 9.79 Å². The number of rotatable bonds is 8. The molecular formula is C23H23N7OS. The van der Waals surface area contributed by atoms with Crippen LogP contribution in [0.4, 0.5) is 0 Å². The van der Waals surface area contributed by atoms with Crippen LogP contribution in [0.3, 0.4) is 0 Å². The van der Waals surface area contributed by atoms with Gasteiger partial charge in [-0.25, -0.2) is 15.0 Å².